The van der Waals surface area contributed by atoms with Gasteiger partial charge in [0.05, 0.1) is 31.8 Å². The smallest absolute Gasteiger partial charge is 0.333 e. The predicted octanol–water partition coefficient (Wildman–Crippen LogP) is 10.4. The largest absolute Gasteiger partial charge is 0.493 e. The van der Waals surface area contributed by atoms with Crippen LogP contribution in [0, 0.1) is 17.2 Å². The van der Waals surface area contributed by atoms with Gasteiger partial charge in [0, 0.05) is 11.1 Å². The molecule has 0 heterocycles. The normalized spacial score (nSPS) is 16.3. The minimum Gasteiger partial charge on any atom is -0.493 e. The van der Waals surface area contributed by atoms with E-state index in [1.165, 1.54) is 38.5 Å². The van der Waals surface area contributed by atoms with Crippen molar-refractivity contribution in [3.63, 3.8) is 0 Å². The molecular weight excluding hydrogens is 627 g/mol. The summed E-state index contributed by atoms with van der Waals surface area (Å²) in [5.41, 5.74) is 6.40. The molecule has 0 amide bonds. The molecule has 2 N–H and O–H groups in total. The molecule has 5 nitrogen and oxygen atoms in total. The number of halogens is 1. The lowest BCUT2D eigenvalue weighted by Crippen LogP contribution is -2.35. The topological polar surface area (TPSA) is 76.0 Å². The fourth-order valence-electron chi connectivity index (χ4n) is 7.15. The van der Waals surface area contributed by atoms with Gasteiger partial charge in [0.25, 0.3) is 0 Å². The Kier molecular flexibility index (Phi) is 15.1. The van der Waals surface area contributed by atoms with Crippen LogP contribution in [-0.2, 0) is 22.4 Å². The Morgan fingerprint density at radius 3 is 2.20 bits per heavy atom. The Morgan fingerprint density at radius 1 is 0.880 bits per heavy atom. The van der Waals surface area contributed by atoms with E-state index in [1.807, 2.05) is 31.2 Å². The number of rotatable bonds is 19. The first-order valence-electron chi connectivity index (χ1n) is 18.9. The van der Waals surface area contributed by atoms with Crippen LogP contribution in [0.15, 0.2) is 66.7 Å². The molecule has 272 valence electrons. The number of aliphatic hydroxyl groups excluding tert-OH is 2. The average Bonchev–Trinajstić information content (AvgIpc) is 3.14. The third kappa shape index (κ3) is 10.3. The molecule has 0 unspecified atom stereocenters. The number of unbranched alkanes of at least 4 members (excludes halogenated alkanes) is 2. The van der Waals surface area contributed by atoms with Crippen molar-refractivity contribution < 1.29 is 28.9 Å². The number of benzene rings is 3. The first-order valence-corrected chi connectivity index (χ1v) is 18.9. The molecular formula is C44H59FO5. The highest BCUT2D eigenvalue weighted by molar-refractivity contribution is 5.86. The maximum absolute atomic E-state index is 15.7. The average molecular weight is 687 g/mol. The Hall–Kier alpha value is -3.48. The van der Waals surface area contributed by atoms with E-state index >= 15 is 4.39 Å². The van der Waals surface area contributed by atoms with E-state index in [0.29, 0.717) is 42.1 Å². The second-order valence-electron chi connectivity index (χ2n) is 14.5. The second-order valence-corrected chi connectivity index (χ2v) is 14.5. The van der Waals surface area contributed by atoms with E-state index < -0.39 is 11.4 Å². The summed E-state index contributed by atoms with van der Waals surface area (Å²) in [5, 5.41) is 19.9. The number of hydrogen-bond donors (Lipinski definition) is 2. The van der Waals surface area contributed by atoms with Gasteiger partial charge >= 0.3 is 5.97 Å². The van der Waals surface area contributed by atoms with Crippen molar-refractivity contribution in [2.24, 2.45) is 11.3 Å². The third-order valence-corrected chi connectivity index (χ3v) is 10.8. The quantitative estimate of drug-likeness (QED) is 0.0746. The number of aliphatic hydroxyl groups is 2. The van der Waals surface area contributed by atoms with Crippen LogP contribution in [0.4, 0.5) is 4.39 Å². The Balaban J connectivity index is 1.54. The van der Waals surface area contributed by atoms with Crippen molar-refractivity contribution in [1.82, 2.24) is 0 Å². The van der Waals surface area contributed by atoms with Crippen molar-refractivity contribution in [2.75, 3.05) is 26.4 Å². The Labute approximate surface area is 299 Å². The van der Waals surface area contributed by atoms with Gasteiger partial charge in [-0.2, -0.15) is 0 Å². The van der Waals surface area contributed by atoms with Crippen LogP contribution >= 0.6 is 0 Å². The molecule has 0 aromatic heterocycles. The van der Waals surface area contributed by atoms with Gasteiger partial charge in [0.1, 0.15) is 11.6 Å². The number of ether oxygens (including phenoxy) is 2. The van der Waals surface area contributed by atoms with Crippen LogP contribution in [0.5, 0.6) is 5.75 Å². The molecule has 3 aromatic rings. The Bertz CT molecular complexity index is 1540. The highest BCUT2D eigenvalue weighted by Gasteiger charge is 2.28. The van der Waals surface area contributed by atoms with Gasteiger partial charge < -0.3 is 19.7 Å². The van der Waals surface area contributed by atoms with Gasteiger partial charge in [-0.15, -0.1) is 0 Å². The molecule has 0 radical (unpaired) electrons. The maximum Gasteiger partial charge on any atom is 0.333 e. The van der Waals surface area contributed by atoms with Crippen molar-refractivity contribution in [3.05, 3.63) is 89.3 Å². The third-order valence-electron chi connectivity index (χ3n) is 10.8. The molecule has 4 rings (SSSR count). The number of carbonyl (C=O) groups is 1. The van der Waals surface area contributed by atoms with Crippen molar-refractivity contribution in [3.8, 4) is 28.0 Å². The van der Waals surface area contributed by atoms with E-state index in [2.05, 4.69) is 44.7 Å². The molecule has 0 bridgehead atoms. The Morgan fingerprint density at radius 2 is 1.56 bits per heavy atom. The van der Waals surface area contributed by atoms with Gasteiger partial charge in [0.15, 0.2) is 0 Å². The summed E-state index contributed by atoms with van der Waals surface area (Å²) >= 11 is 0. The molecule has 0 saturated heterocycles. The number of aryl methyl sites for hydroxylation is 2. The maximum atomic E-state index is 15.7. The van der Waals surface area contributed by atoms with Crippen LogP contribution < -0.4 is 4.74 Å². The van der Waals surface area contributed by atoms with Gasteiger partial charge in [0.2, 0.25) is 0 Å². The molecule has 3 aromatic carbocycles. The highest BCUT2D eigenvalue weighted by Crippen LogP contribution is 2.40. The molecule has 0 spiro atoms. The minimum atomic E-state index is -0.737. The zero-order valence-corrected chi connectivity index (χ0v) is 30.9. The van der Waals surface area contributed by atoms with Gasteiger partial charge in [-0.3, -0.25) is 0 Å². The minimum absolute atomic E-state index is 0.160. The molecule has 1 fully saturated rings. The summed E-state index contributed by atoms with van der Waals surface area (Å²) in [7, 11) is 0. The number of hydrogen-bond acceptors (Lipinski definition) is 5. The van der Waals surface area contributed by atoms with E-state index in [9.17, 15) is 15.0 Å². The molecule has 1 aliphatic rings. The van der Waals surface area contributed by atoms with Crippen LogP contribution in [0.2, 0.25) is 0 Å². The summed E-state index contributed by atoms with van der Waals surface area (Å²) in [6.45, 7) is 11.6. The fourth-order valence-corrected chi connectivity index (χ4v) is 7.15. The van der Waals surface area contributed by atoms with E-state index in [1.54, 1.807) is 13.0 Å². The lowest BCUT2D eigenvalue weighted by Gasteiger charge is -2.29. The summed E-state index contributed by atoms with van der Waals surface area (Å²) in [6, 6.07) is 18.1. The molecule has 1 saturated carbocycles. The second kappa shape index (κ2) is 19.2. The van der Waals surface area contributed by atoms with Gasteiger partial charge in [-0.25, -0.2) is 9.18 Å². The van der Waals surface area contributed by atoms with E-state index in [4.69, 9.17) is 9.47 Å². The van der Waals surface area contributed by atoms with Crippen LogP contribution in [0.3, 0.4) is 0 Å². The summed E-state index contributed by atoms with van der Waals surface area (Å²) in [6.07, 6.45) is 12.6. The number of carbonyl (C=O) groups excluding carboxylic acids is 1. The van der Waals surface area contributed by atoms with Gasteiger partial charge in [-0.1, -0.05) is 89.4 Å². The molecule has 6 heteroatoms. The highest BCUT2D eigenvalue weighted by atomic mass is 19.1. The van der Waals surface area contributed by atoms with E-state index in [-0.39, 0.29) is 32.2 Å². The van der Waals surface area contributed by atoms with Crippen LogP contribution in [-0.4, -0.2) is 42.6 Å². The summed E-state index contributed by atoms with van der Waals surface area (Å²) in [5.74, 6) is 1.37. The lowest BCUT2D eigenvalue weighted by atomic mass is 9.77. The first kappa shape index (κ1) is 39.3. The number of esters is 1. The first-order chi connectivity index (χ1) is 24.2. The van der Waals surface area contributed by atoms with Crippen molar-refractivity contribution in [1.29, 1.82) is 0 Å². The molecule has 50 heavy (non-hydrogen) atoms. The van der Waals surface area contributed by atoms with E-state index in [0.717, 1.165) is 58.6 Å². The molecule has 1 aliphatic carbocycles. The molecule has 0 atom stereocenters. The summed E-state index contributed by atoms with van der Waals surface area (Å²) < 4.78 is 27.3. The zero-order valence-electron chi connectivity index (χ0n) is 30.9. The fraction of sp³-hybridized carbons (Fsp3) is 0.523. The van der Waals surface area contributed by atoms with Crippen LogP contribution in [0.25, 0.3) is 22.3 Å². The van der Waals surface area contributed by atoms with Crippen molar-refractivity contribution in [2.45, 2.75) is 111 Å². The predicted molar refractivity (Wildman–Crippen MR) is 202 cm³/mol. The van der Waals surface area contributed by atoms with Gasteiger partial charge in [-0.05, 0) is 122 Å². The van der Waals surface area contributed by atoms with Crippen LogP contribution in [0.1, 0.15) is 115 Å². The van der Waals surface area contributed by atoms with Crippen molar-refractivity contribution >= 4 is 5.97 Å². The standard InChI is InChI=1S/C44H59FO5/c1-6-9-10-12-32-14-16-34(17-15-32)35-18-22-40(41(45)27-35)37-19-21-39(33(7-2)25-37)36-20-23-42(50-30-44(8-3,28-46)29-47)38(26-36)13-11-24-49-43(48)31(4)5/h18-23,25-27,32,34,46-47H,4,6-17,24,28-30H2,1-3,5H3. The monoisotopic (exact) mass is 686 g/mol. The zero-order chi connectivity index (χ0) is 36.1. The molecule has 0 aliphatic heterocycles. The SMILES string of the molecule is C=C(C)C(=O)OCCCc1cc(-c2ccc(-c3ccc(C4CCC(CCCCC)CC4)cc3F)cc2CC)ccc1OCC(CC)(CO)CO. The summed E-state index contributed by atoms with van der Waals surface area (Å²) in [4.78, 5) is 11.9. The lowest BCUT2D eigenvalue weighted by molar-refractivity contribution is -0.139.